The second kappa shape index (κ2) is 6.73. The average Bonchev–Trinajstić information content (AvgIpc) is 2.91. The summed E-state index contributed by atoms with van der Waals surface area (Å²) < 4.78 is 5.87. The lowest BCUT2D eigenvalue weighted by molar-refractivity contribution is 0.0691. The smallest absolute Gasteiger partial charge is 0.355 e. The standard InChI is InChI=1S/C14H12BrNO4S/c1-2-20-11-6-8(5-9(15)13(11)17)3-4-12-16-10(7-21-12)14(18)19/h3-7,17H,2H2,1H3,(H,18,19). The minimum absolute atomic E-state index is 0.0292. The number of phenols is 1. The molecule has 0 saturated carbocycles. The molecule has 5 nitrogen and oxygen atoms in total. The van der Waals surface area contributed by atoms with E-state index in [1.54, 1.807) is 24.3 Å². The Morgan fingerprint density at radius 3 is 2.86 bits per heavy atom. The first-order valence-corrected chi connectivity index (χ1v) is 7.70. The van der Waals surface area contributed by atoms with Crippen molar-refractivity contribution in [2.75, 3.05) is 6.61 Å². The van der Waals surface area contributed by atoms with Crippen LogP contribution in [0.4, 0.5) is 0 Å². The van der Waals surface area contributed by atoms with Crippen molar-refractivity contribution < 1.29 is 19.7 Å². The molecule has 0 fully saturated rings. The summed E-state index contributed by atoms with van der Waals surface area (Å²) in [5, 5.41) is 20.7. The number of ether oxygens (including phenoxy) is 1. The quantitative estimate of drug-likeness (QED) is 0.835. The molecule has 21 heavy (non-hydrogen) atoms. The van der Waals surface area contributed by atoms with Crippen LogP contribution in [0.25, 0.3) is 12.2 Å². The number of aromatic hydroxyl groups is 1. The molecule has 0 aliphatic rings. The summed E-state index contributed by atoms with van der Waals surface area (Å²) in [4.78, 5) is 14.7. The Kier molecular flexibility index (Phi) is 4.98. The van der Waals surface area contributed by atoms with Crippen LogP contribution >= 0.6 is 27.3 Å². The molecule has 0 amide bonds. The molecule has 0 radical (unpaired) electrons. The summed E-state index contributed by atoms with van der Waals surface area (Å²) in [5.74, 6) is -0.606. The van der Waals surface area contributed by atoms with Crippen LogP contribution in [0.3, 0.4) is 0 Å². The number of thiazole rings is 1. The number of nitrogens with zero attached hydrogens (tertiary/aromatic N) is 1. The van der Waals surface area contributed by atoms with Gasteiger partial charge in [-0.1, -0.05) is 6.08 Å². The van der Waals surface area contributed by atoms with Gasteiger partial charge in [-0.2, -0.15) is 0 Å². The van der Waals surface area contributed by atoms with Crippen molar-refractivity contribution in [1.82, 2.24) is 4.98 Å². The van der Waals surface area contributed by atoms with E-state index < -0.39 is 5.97 Å². The molecule has 0 spiro atoms. The molecule has 110 valence electrons. The highest BCUT2D eigenvalue weighted by atomic mass is 79.9. The SMILES string of the molecule is CCOc1cc(C=Cc2nc(C(=O)O)cs2)cc(Br)c1O. The van der Waals surface area contributed by atoms with Crippen molar-refractivity contribution >= 4 is 45.4 Å². The Morgan fingerprint density at radius 2 is 2.24 bits per heavy atom. The van der Waals surface area contributed by atoms with Crippen LogP contribution in [0, 0.1) is 0 Å². The topological polar surface area (TPSA) is 79.7 Å². The van der Waals surface area contributed by atoms with Gasteiger partial charge in [-0.25, -0.2) is 9.78 Å². The fraction of sp³-hybridized carbons (Fsp3) is 0.143. The molecular weight excluding hydrogens is 358 g/mol. The van der Waals surface area contributed by atoms with Gasteiger partial charge in [0.05, 0.1) is 11.1 Å². The zero-order valence-electron chi connectivity index (χ0n) is 11.0. The molecule has 2 aromatic rings. The zero-order valence-corrected chi connectivity index (χ0v) is 13.4. The van der Waals surface area contributed by atoms with Gasteiger partial charge in [0.2, 0.25) is 0 Å². The molecule has 1 heterocycles. The number of rotatable bonds is 5. The lowest BCUT2D eigenvalue weighted by Crippen LogP contribution is -1.95. The fourth-order valence-corrected chi connectivity index (χ4v) is 2.73. The Morgan fingerprint density at radius 1 is 1.48 bits per heavy atom. The number of phenolic OH excluding ortho intramolecular Hbond substituents is 1. The van der Waals surface area contributed by atoms with Gasteiger partial charge in [-0.3, -0.25) is 0 Å². The minimum atomic E-state index is -1.04. The second-order valence-corrected chi connectivity index (χ2v) is 5.74. The fourth-order valence-electron chi connectivity index (χ4n) is 1.59. The van der Waals surface area contributed by atoms with E-state index in [4.69, 9.17) is 9.84 Å². The van der Waals surface area contributed by atoms with E-state index in [0.717, 1.165) is 5.56 Å². The predicted molar refractivity (Wildman–Crippen MR) is 85.0 cm³/mol. The lowest BCUT2D eigenvalue weighted by Gasteiger charge is -2.08. The second-order valence-electron chi connectivity index (χ2n) is 3.99. The van der Waals surface area contributed by atoms with E-state index in [2.05, 4.69) is 20.9 Å². The molecular formula is C14H12BrNO4S. The molecule has 0 saturated heterocycles. The number of carbonyl (C=O) groups is 1. The molecule has 2 N–H and O–H groups in total. The number of aromatic nitrogens is 1. The molecule has 0 bridgehead atoms. The van der Waals surface area contributed by atoms with Crippen molar-refractivity contribution in [3.63, 3.8) is 0 Å². The zero-order chi connectivity index (χ0) is 15.4. The Labute approximate surface area is 133 Å². The van der Waals surface area contributed by atoms with Crippen LogP contribution in [-0.4, -0.2) is 27.8 Å². The molecule has 2 rings (SSSR count). The highest BCUT2D eigenvalue weighted by Crippen LogP contribution is 2.36. The molecule has 0 aliphatic carbocycles. The van der Waals surface area contributed by atoms with E-state index in [-0.39, 0.29) is 11.4 Å². The van der Waals surface area contributed by atoms with Gasteiger partial charge in [-0.05, 0) is 46.6 Å². The first-order valence-electron chi connectivity index (χ1n) is 6.03. The van der Waals surface area contributed by atoms with E-state index >= 15 is 0 Å². The van der Waals surface area contributed by atoms with Gasteiger partial charge in [0.15, 0.2) is 17.2 Å². The first kappa shape index (κ1) is 15.5. The highest BCUT2D eigenvalue weighted by molar-refractivity contribution is 9.10. The molecule has 0 aliphatic heterocycles. The molecule has 1 aromatic carbocycles. The number of carboxylic acid groups (broad SMARTS) is 1. The molecule has 0 atom stereocenters. The van der Waals surface area contributed by atoms with E-state index in [9.17, 15) is 9.90 Å². The van der Waals surface area contributed by atoms with E-state index in [1.807, 2.05) is 6.92 Å². The normalized spacial score (nSPS) is 11.0. The number of carboxylic acids is 1. The van der Waals surface area contributed by atoms with Gasteiger partial charge in [0.25, 0.3) is 0 Å². The van der Waals surface area contributed by atoms with Gasteiger partial charge in [-0.15, -0.1) is 11.3 Å². The van der Waals surface area contributed by atoms with Gasteiger partial charge >= 0.3 is 5.97 Å². The van der Waals surface area contributed by atoms with Crippen LogP contribution in [0.1, 0.15) is 28.0 Å². The van der Waals surface area contributed by atoms with Crippen LogP contribution in [0.15, 0.2) is 22.0 Å². The lowest BCUT2D eigenvalue weighted by atomic mass is 10.2. The third kappa shape index (κ3) is 3.83. The van der Waals surface area contributed by atoms with Gasteiger partial charge in [0.1, 0.15) is 5.01 Å². The Bertz CT molecular complexity index is 696. The third-order valence-electron chi connectivity index (χ3n) is 2.51. The van der Waals surface area contributed by atoms with Gasteiger partial charge < -0.3 is 14.9 Å². The van der Waals surface area contributed by atoms with Crippen molar-refractivity contribution in [1.29, 1.82) is 0 Å². The van der Waals surface area contributed by atoms with Gasteiger partial charge in [0, 0.05) is 5.38 Å². The summed E-state index contributed by atoms with van der Waals surface area (Å²) in [6.45, 7) is 2.28. The van der Waals surface area contributed by atoms with Crippen LogP contribution in [0.2, 0.25) is 0 Å². The maximum Gasteiger partial charge on any atom is 0.355 e. The van der Waals surface area contributed by atoms with E-state index in [0.29, 0.717) is 21.8 Å². The number of aromatic carboxylic acids is 1. The monoisotopic (exact) mass is 369 g/mol. The number of hydrogen-bond donors (Lipinski definition) is 2. The van der Waals surface area contributed by atoms with Crippen molar-refractivity contribution in [2.24, 2.45) is 0 Å². The van der Waals surface area contributed by atoms with Crippen LogP contribution in [-0.2, 0) is 0 Å². The van der Waals surface area contributed by atoms with Crippen molar-refractivity contribution in [3.8, 4) is 11.5 Å². The predicted octanol–water partition coefficient (Wildman–Crippen LogP) is 3.88. The Balaban J connectivity index is 2.25. The average molecular weight is 370 g/mol. The molecule has 7 heteroatoms. The summed E-state index contributed by atoms with van der Waals surface area (Å²) >= 11 is 4.51. The number of benzene rings is 1. The number of halogens is 1. The van der Waals surface area contributed by atoms with E-state index in [1.165, 1.54) is 16.7 Å². The summed E-state index contributed by atoms with van der Waals surface area (Å²) in [5.41, 5.74) is 0.830. The maximum atomic E-state index is 10.8. The minimum Gasteiger partial charge on any atom is -0.503 e. The summed E-state index contributed by atoms with van der Waals surface area (Å²) in [6, 6.07) is 3.44. The summed E-state index contributed by atoms with van der Waals surface area (Å²) in [6.07, 6.45) is 3.49. The van der Waals surface area contributed by atoms with Crippen molar-refractivity contribution in [2.45, 2.75) is 6.92 Å². The van der Waals surface area contributed by atoms with Crippen LogP contribution < -0.4 is 4.74 Å². The summed E-state index contributed by atoms with van der Waals surface area (Å²) in [7, 11) is 0. The maximum absolute atomic E-state index is 10.8. The first-order chi connectivity index (χ1) is 10.0. The number of hydrogen-bond acceptors (Lipinski definition) is 5. The van der Waals surface area contributed by atoms with Crippen molar-refractivity contribution in [3.05, 3.63) is 38.3 Å². The van der Waals surface area contributed by atoms with Crippen LogP contribution in [0.5, 0.6) is 11.5 Å². The largest absolute Gasteiger partial charge is 0.503 e. The third-order valence-corrected chi connectivity index (χ3v) is 3.92. The molecule has 1 aromatic heterocycles. The highest BCUT2D eigenvalue weighted by Gasteiger charge is 2.09. The molecule has 0 unspecified atom stereocenters. The Hall–Kier alpha value is -1.86.